The maximum atomic E-state index is 13.0. The highest BCUT2D eigenvalue weighted by Gasteiger charge is 2.25. The van der Waals surface area contributed by atoms with Gasteiger partial charge in [0.1, 0.15) is 6.04 Å². The predicted octanol–water partition coefficient (Wildman–Crippen LogP) is 3.02. The number of para-hydroxylation sites is 1. The zero-order valence-electron chi connectivity index (χ0n) is 14.3. The van der Waals surface area contributed by atoms with Crippen LogP contribution in [0.5, 0.6) is 0 Å². The summed E-state index contributed by atoms with van der Waals surface area (Å²) in [5.74, 6) is -1.58. The lowest BCUT2D eigenvalue weighted by atomic mass is 10.0. The van der Waals surface area contributed by atoms with Crippen LogP contribution in [0.25, 0.3) is 21.7 Å². The van der Waals surface area contributed by atoms with Crippen LogP contribution in [0.3, 0.4) is 0 Å². The average Bonchev–Trinajstić information content (AvgIpc) is 3.11. The minimum Gasteiger partial charge on any atom is -0.476 e. The van der Waals surface area contributed by atoms with Crippen LogP contribution in [0.1, 0.15) is 33.8 Å². The Morgan fingerprint density at radius 3 is 2.37 bits per heavy atom. The number of nitrogens with zero attached hydrogens (tertiary/aromatic N) is 2. The number of carbonyl (C=O) groups is 2. The molecule has 2 heterocycles. The van der Waals surface area contributed by atoms with Gasteiger partial charge in [-0.2, -0.15) is 5.10 Å². The average molecular weight is 361 g/mol. The Kier molecular flexibility index (Phi) is 3.84. The molecule has 1 atom stereocenters. The largest absolute Gasteiger partial charge is 0.476 e. The maximum Gasteiger partial charge on any atom is 0.357 e. The molecule has 7 heteroatoms. The first-order valence-electron chi connectivity index (χ1n) is 8.34. The number of H-pyrrole nitrogens is 1. The van der Waals surface area contributed by atoms with Crippen LogP contribution in [0.4, 0.5) is 0 Å². The van der Waals surface area contributed by atoms with Gasteiger partial charge in [0, 0.05) is 28.0 Å². The van der Waals surface area contributed by atoms with E-state index >= 15 is 0 Å². The van der Waals surface area contributed by atoms with Gasteiger partial charge in [0.25, 0.3) is 5.56 Å². The number of ketones is 1. The van der Waals surface area contributed by atoms with Crippen molar-refractivity contribution in [2.45, 2.75) is 13.0 Å². The third kappa shape index (κ3) is 2.60. The van der Waals surface area contributed by atoms with Crippen LogP contribution >= 0.6 is 0 Å². The SMILES string of the molecule is C[C@@H](C(=O)c1c[nH]c2ccccc12)n1nc(C(=O)O)c2ccccc2c1=O. The summed E-state index contributed by atoms with van der Waals surface area (Å²) in [5.41, 5.74) is 0.468. The van der Waals surface area contributed by atoms with Gasteiger partial charge in [-0.25, -0.2) is 9.48 Å². The fourth-order valence-electron chi connectivity index (χ4n) is 3.24. The molecule has 0 aliphatic carbocycles. The number of hydrogen-bond acceptors (Lipinski definition) is 4. The van der Waals surface area contributed by atoms with E-state index in [9.17, 15) is 19.5 Å². The number of aromatic amines is 1. The molecule has 0 unspecified atom stereocenters. The standard InChI is InChI=1S/C20H15N3O4/c1-11(18(24)15-10-21-16-9-5-4-6-12(15)16)23-19(25)14-8-3-2-7-13(14)17(22-23)20(26)27/h2-11,21H,1H3,(H,26,27)/t11-/m0/s1. The van der Waals surface area contributed by atoms with E-state index in [0.29, 0.717) is 5.56 Å². The Labute approximate surface area is 152 Å². The molecule has 0 radical (unpaired) electrons. The van der Waals surface area contributed by atoms with E-state index in [-0.39, 0.29) is 22.2 Å². The molecule has 134 valence electrons. The molecule has 2 aromatic heterocycles. The van der Waals surface area contributed by atoms with Crippen LogP contribution < -0.4 is 5.56 Å². The van der Waals surface area contributed by atoms with Crippen LogP contribution in [-0.4, -0.2) is 31.6 Å². The number of aromatic nitrogens is 3. The van der Waals surface area contributed by atoms with Crippen molar-refractivity contribution in [2.75, 3.05) is 0 Å². The third-order valence-electron chi connectivity index (χ3n) is 4.63. The molecule has 2 aromatic carbocycles. The van der Waals surface area contributed by atoms with E-state index < -0.39 is 17.6 Å². The van der Waals surface area contributed by atoms with Gasteiger partial charge in [-0.1, -0.05) is 36.4 Å². The second kappa shape index (κ2) is 6.21. The summed E-state index contributed by atoms with van der Waals surface area (Å²) in [5, 5.41) is 14.7. The summed E-state index contributed by atoms with van der Waals surface area (Å²) in [6.45, 7) is 1.54. The summed E-state index contributed by atoms with van der Waals surface area (Å²) in [4.78, 5) is 40.5. The second-order valence-electron chi connectivity index (χ2n) is 6.24. The summed E-state index contributed by atoms with van der Waals surface area (Å²) in [7, 11) is 0. The van der Waals surface area contributed by atoms with Crippen LogP contribution in [0, 0.1) is 0 Å². The fraction of sp³-hybridized carbons (Fsp3) is 0.100. The maximum absolute atomic E-state index is 13.0. The Balaban J connectivity index is 1.89. The lowest BCUT2D eigenvalue weighted by molar-refractivity contribution is 0.0687. The van der Waals surface area contributed by atoms with Gasteiger partial charge in [0.05, 0.1) is 5.39 Å². The van der Waals surface area contributed by atoms with E-state index in [0.717, 1.165) is 15.6 Å². The molecule has 0 saturated carbocycles. The molecular weight excluding hydrogens is 346 g/mol. The topological polar surface area (TPSA) is 105 Å². The van der Waals surface area contributed by atoms with Gasteiger partial charge >= 0.3 is 5.97 Å². The number of aromatic carboxylic acids is 1. The van der Waals surface area contributed by atoms with Gasteiger partial charge in [-0.3, -0.25) is 9.59 Å². The molecule has 0 amide bonds. The van der Waals surface area contributed by atoms with E-state index in [1.807, 2.05) is 24.3 Å². The van der Waals surface area contributed by atoms with Crippen molar-refractivity contribution < 1.29 is 14.7 Å². The number of Topliss-reactive ketones (excluding diaryl/α,β-unsaturated/α-hetero) is 1. The molecular formula is C20H15N3O4. The van der Waals surface area contributed by atoms with E-state index in [1.165, 1.54) is 12.1 Å². The number of carboxylic acids is 1. The molecule has 7 nitrogen and oxygen atoms in total. The molecule has 2 N–H and O–H groups in total. The van der Waals surface area contributed by atoms with Crippen molar-refractivity contribution in [1.29, 1.82) is 0 Å². The van der Waals surface area contributed by atoms with E-state index in [4.69, 9.17) is 0 Å². The lowest BCUT2D eigenvalue weighted by Gasteiger charge is -2.14. The number of hydrogen-bond donors (Lipinski definition) is 2. The Bertz CT molecular complexity index is 1270. The van der Waals surface area contributed by atoms with Gasteiger partial charge < -0.3 is 10.1 Å². The van der Waals surface area contributed by atoms with Crippen LogP contribution in [-0.2, 0) is 0 Å². The van der Waals surface area contributed by atoms with Crippen molar-refractivity contribution >= 4 is 33.4 Å². The molecule has 0 fully saturated rings. The Hall–Kier alpha value is -3.74. The first-order valence-corrected chi connectivity index (χ1v) is 8.34. The molecule has 0 bridgehead atoms. The Morgan fingerprint density at radius 1 is 1.04 bits per heavy atom. The van der Waals surface area contributed by atoms with Crippen molar-refractivity contribution in [1.82, 2.24) is 14.8 Å². The van der Waals surface area contributed by atoms with Gasteiger partial charge in [0.15, 0.2) is 11.5 Å². The smallest absolute Gasteiger partial charge is 0.357 e. The van der Waals surface area contributed by atoms with E-state index in [2.05, 4.69) is 10.1 Å². The quantitative estimate of drug-likeness (QED) is 0.544. The zero-order chi connectivity index (χ0) is 19.1. The number of carboxylic acid groups (broad SMARTS) is 1. The third-order valence-corrected chi connectivity index (χ3v) is 4.63. The zero-order valence-corrected chi connectivity index (χ0v) is 14.3. The minimum absolute atomic E-state index is 0.212. The second-order valence-corrected chi connectivity index (χ2v) is 6.24. The predicted molar refractivity (Wildman–Crippen MR) is 100 cm³/mol. The highest BCUT2D eigenvalue weighted by Crippen LogP contribution is 2.23. The first kappa shape index (κ1) is 16.7. The van der Waals surface area contributed by atoms with Crippen molar-refractivity contribution in [3.8, 4) is 0 Å². The summed E-state index contributed by atoms with van der Waals surface area (Å²) in [6, 6.07) is 12.7. The number of fused-ring (bicyclic) bond motifs is 2. The summed E-state index contributed by atoms with van der Waals surface area (Å²) >= 11 is 0. The van der Waals surface area contributed by atoms with Gasteiger partial charge in [0.2, 0.25) is 0 Å². The molecule has 4 aromatic rings. The molecule has 0 saturated heterocycles. The number of rotatable bonds is 4. The summed E-state index contributed by atoms with van der Waals surface area (Å²) in [6.07, 6.45) is 1.59. The Morgan fingerprint density at radius 2 is 1.67 bits per heavy atom. The fourth-order valence-corrected chi connectivity index (χ4v) is 3.24. The van der Waals surface area contributed by atoms with Crippen LogP contribution in [0.15, 0.2) is 59.5 Å². The highest BCUT2D eigenvalue weighted by atomic mass is 16.4. The molecule has 4 rings (SSSR count). The monoisotopic (exact) mass is 361 g/mol. The van der Waals surface area contributed by atoms with Gasteiger partial charge in [-0.05, 0) is 19.1 Å². The van der Waals surface area contributed by atoms with Crippen molar-refractivity contribution in [3.05, 3.63) is 76.3 Å². The minimum atomic E-state index is -1.26. The number of benzene rings is 2. The molecule has 0 aliphatic rings. The van der Waals surface area contributed by atoms with E-state index in [1.54, 1.807) is 25.3 Å². The molecule has 0 aliphatic heterocycles. The number of carbonyl (C=O) groups excluding carboxylic acids is 1. The van der Waals surface area contributed by atoms with Crippen LogP contribution in [0.2, 0.25) is 0 Å². The highest BCUT2D eigenvalue weighted by molar-refractivity contribution is 6.09. The molecule has 27 heavy (non-hydrogen) atoms. The van der Waals surface area contributed by atoms with Crippen molar-refractivity contribution in [3.63, 3.8) is 0 Å². The van der Waals surface area contributed by atoms with Crippen molar-refractivity contribution in [2.24, 2.45) is 0 Å². The lowest BCUT2D eigenvalue weighted by Crippen LogP contribution is -2.32. The molecule has 0 spiro atoms. The number of nitrogens with one attached hydrogen (secondary N) is 1. The van der Waals surface area contributed by atoms with Gasteiger partial charge in [-0.15, -0.1) is 0 Å². The first-order chi connectivity index (χ1) is 13.0. The normalized spacial score (nSPS) is 12.3. The summed E-state index contributed by atoms with van der Waals surface area (Å²) < 4.78 is 0.954.